The average Bonchev–Trinajstić information content (AvgIpc) is 3.44. The minimum absolute atomic E-state index is 0.278. The summed E-state index contributed by atoms with van der Waals surface area (Å²) in [7, 11) is 0. The standard InChI is InChI=1S/C25H22N6O5S/c1-15(23(33)27-13-22-26-10-11-37-22)31-14-28-20-12-18(7-8-19(20)25(31)35)29-24(34)17-5-2-16(3-6-17)4-9-21(32)30-36/h2-12,14-15,36H,13H2,1H3,(H,27,33)(H,29,34)(H,30,32). The zero-order valence-electron chi connectivity index (χ0n) is 19.5. The third-order valence-electron chi connectivity index (χ3n) is 5.45. The maximum Gasteiger partial charge on any atom is 0.267 e. The van der Waals surface area contributed by atoms with Gasteiger partial charge in [-0.1, -0.05) is 12.1 Å². The van der Waals surface area contributed by atoms with Gasteiger partial charge in [0.15, 0.2) is 0 Å². The molecule has 0 bridgehead atoms. The lowest BCUT2D eigenvalue weighted by Crippen LogP contribution is -2.35. The van der Waals surface area contributed by atoms with E-state index in [9.17, 15) is 19.2 Å². The number of anilines is 1. The van der Waals surface area contributed by atoms with Gasteiger partial charge in [-0.25, -0.2) is 15.4 Å². The number of hydrogen-bond donors (Lipinski definition) is 4. The van der Waals surface area contributed by atoms with Crippen molar-refractivity contribution >= 4 is 51.7 Å². The number of amides is 3. The molecule has 0 fully saturated rings. The number of hydrogen-bond acceptors (Lipinski definition) is 8. The number of thiazole rings is 1. The second kappa shape index (κ2) is 11.4. The summed E-state index contributed by atoms with van der Waals surface area (Å²) < 4.78 is 1.26. The molecule has 4 rings (SSSR count). The Morgan fingerprint density at radius 1 is 1.14 bits per heavy atom. The highest BCUT2D eigenvalue weighted by Gasteiger charge is 2.18. The second-order valence-electron chi connectivity index (χ2n) is 7.89. The highest BCUT2D eigenvalue weighted by molar-refractivity contribution is 7.09. The van der Waals surface area contributed by atoms with Crippen molar-refractivity contribution in [2.24, 2.45) is 0 Å². The Kier molecular flexibility index (Phi) is 7.81. The lowest BCUT2D eigenvalue weighted by atomic mass is 10.1. The molecule has 2 aromatic carbocycles. The fraction of sp³-hybridized carbons (Fsp3) is 0.120. The van der Waals surface area contributed by atoms with Gasteiger partial charge in [0.1, 0.15) is 11.0 Å². The summed E-state index contributed by atoms with van der Waals surface area (Å²) in [5.74, 6) is -1.37. The van der Waals surface area contributed by atoms with Gasteiger partial charge in [0.05, 0.1) is 23.8 Å². The van der Waals surface area contributed by atoms with Crippen LogP contribution >= 0.6 is 11.3 Å². The van der Waals surface area contributed by atoms with Crippen LogP contribution in [-0.2, 0) is 16.1 Å². The van der Waals surface area contributed by atoms with Crippen molar-refractivity contribution < 1.29 is 19.6 Å². The van der Waals surface area contributed by atoms with E-state index in [1.165, 1.54) is 33.8 Å². The maximum absolute atomic E-state index is 13.0. The molecular weight excluding hydrogens is 496 g/mol. The fourth-order valence-electron chi connectivity index (χ4n) is 3.42. The Labute approximate surface area is 214 Å². The Hall–Kier alpha value is -4.68. The monoisotopic (exact) mass is 518 g/mol. The third-order valence-corrected chi connectivity index (χ3v) is 6.23. The van der Waals surface area contributed by atoms with E-state index in [4.69, 9.17) is 5.21 Å². The molecular formula is C25H22N6O5S. The number of fused-ring (bicyclic) bond motifs is 1. The van der Waals surface area contributed by atoms with Crippen molar-refractivity contribution in [3.8, 4) is 0 Å². The lowest BCUT2D eigenvalue weighted by molar-refractivity contribution is -0.124. The van der Waals surface area contributed by atoms with E-state index in [0.717, 1.165) is 11.1 Å². The van der Waals surface area contributed by atoms with Crippen LogP contribution in [0.25, 0.3) is 17.0 Å². The number of rotatable bonds is 8. The van der Waals surface area contributed by atoms with Gasteiger partial charge in [-0.05, 0) is 48.9 Å². The maximum atomic E-state index is 13.0. The van der Waals surface area contributed by atoms with Crippen LogP contribution in [0.5, 0.6) is 0 Å². The molecule has 4 N–H and O–H groups in total. The largest absolute Gasteiger partial charge is 0.348 e. The number of carbonyl (C=O) groups excluding carboxylic acids is 3. The number of nitrogens with zero attached hydrogens (tertiary/aromatic N) is 3. The number of hydroxylamine groups is 1. The molecule has 37 heavy (non-hydrogen) atoms. The van der Waals surface area contributed by atoms with E-state index in [0.29, 0.717) is 27.7 Å². The van der Waals surface area contributed by atoms with Crippen molar-refractivity contribution in [1.29, 1.82) is 0 Å². The molecule has 1 unspecified atom stereocenters. The van der Waals surface area contributed by atoms with Gasteiger partial charge < -0.3 is 10.6 Å². The first kappa shape index (κ1) is 25.4. The van der Waals surface area contributed by atoms with Crippen molar-refractivity contribution in [3.63, 3.8) is 0 Å². The molecule has 0 saturated carbocycles. The summed E-state index contributed by atoms with van der Waals surface area (Å²) in [5, 5.41) is 16.9. The minimum atomic E-state index is -0.778. The lowest BCUT2D eigenvalue weighted by Gasteiger charge is -2.15. The Morgan fingerprint density at radius 2 is 1.92 bits per heavy atom. The average molecular weight is 519 g/mol. The van der Waals surface area contributed by atoms with E-state index in [-0.39, 0.29) is 23.9 Å². The van der Waals surface area contributed by atoms with Gasteiger partial charge >= 0.3 is 0 Å². The molecule has 2 aromatic heterocycles. The molecule has 0 aliphatic rings. The molecule has 188 valence electrons. The van der Waals surface area contributed by atoms with Crippen molar-refractivity contribution in [3.05, 3.63) is 92.9 Å². The van der Waals surface area contributed by atoms with Crippen LogP contribution in [0, 0.1) is 0 Å². The predicted molar refractivity (Wildman–Crippen MR) is 138 cm³/mol. The molecule has 0 aliphatic heterocycles. The van der Waals surface area contributed by atoms with E-state index >= 15 is 0 Å². The number of carbonyl (C=O) groups is 3. The molecule has 11 nitrogen and oxygen atoms in total. The Balaban J connectivity index is 1.45. The van der Waals surface area contributed by atoms with Crippen LogP contribution in [0.4, 0.5) is 5.69 Å². The van der Waals surface area contributed by atoms with Gasteiger partial charge in [-0.3, -0.25) is 29.0 Å². The quantitative estimate of drug-likeness (QED) is 0.159. The smallest absolute Gasteiger partial charge is 0.267 e. The SMILES string of the molecule is CC(C(=O)NCc1nccs1)n1cnc2cc(NC(=O)c3ccc(C=CC(=O)NO)cc3)ccc2c1=O. The number of benzene rings is 2. The van der Waals surface area contributed by atoms with Crippen LogP contribution in [0.3, 0.4) is 0 Å². The first-order valence-electron chi connectivity index (χ1n) is 11.1. The summed E-state index contributed by atoms with van der Waals surface area (Å²) in [6, 6.07) is 10.4. The van der Waals surface area contributed by atoms with Crippen LogP contribution in [0.2, 0.25) is 0 Å². The molecule has 0 spiro atoms. The molecule has 1 atom stereocenters. The third kappa shape index (κ3) is 6.12. The molecule has 2 heterocycles. The van der Waals surface area contributed by atoms with Gasteiger partial charge in [0, 0.05) is 28.9 Å². The zero-order valence-corrected chi connectivity index (χ0v) is 20.4. The first-order chi connectivity index (χ1) is 17.9. The fourth-order valence-corrected chi connectivity index (χ4v) is 3.98. The van der Waals surface area contributed by atoms with Gasteiger partial charge in [-0.15, -0.1) is 11.3 Å². The summed E-state index contributed by atoms with van der Waals surface area (Å²) in [4.78, 5) is 57.7. The van der Waals surface area contributed by atoms with Crippen LogP contribution in [0.1, 0.15) is 33.9 Å². The molecule has 0 radical (unpaired) electrons. The topological polar surface area (TPSA) is 155 Å². The molecule has 0 aliphatic carbocycles. The van der Waals surface area contributed by atoms with Crippen molar-refractivity contribution in [2.75, 3.05) is 5.32 Å². The van der Waals surface area contributed by atoms with Crippen LogP contribution < -0.4 is 21.7 Å². The Bertz CT molecular complexity index is 1530. The highest BCUT2D eigenvalue weighted by Crippen LogP contribution is 2.17. The molecule has 0 saturated heterocycles. The number of aromatic nitrogens is 3. The van der Waals surface area contributed by atoms with Crippen molar-refractivity contribution in [2.45, 2.75) is 19.5 Å². The van der Waals surface area contributed by atoms with Crippen LogP contribution in [0.15, 0.2) is 71.2 Å². The minimum Gasteiger partial charge on any atom is -0.348 e. The van der Waals surface area contributed by atoms with Gasteiger partial charge in [-0.2, -0.15) is 0 Å². The summed E-state index contributed by atoms with van der Waals surface area (Å²) in [6.45, 7) is 1.89. The molecule has 4 aromatic rings. The van der Waals surface area contributed by atoms with E-state index in [2.05, 4.69) is 20.6 Å². The Morgan fingerprint density at radius 3 is 2.62 bits per heavy atom. The van der Waals surface area contributed by atoms with Crippen LogP contribution in [-0.4, -0.2) is 37.5 Å². The van der Waals surface area contributed by atoms with Crippen molar-refractivity contribution in [1.82, 2.24) is 25.3 Å². The number of nitrogens with one attached hydrogen (secondary N) is 3. The van der Waals surface area contributed by atoms with E-state index in [1.54, 1.807) is 55.6 Å². The second-order valence-corrected chi connectivity index (χ2v) is 8.87. The molecule has 3 amide bonds. The van der Waals surface area contributed by atoms with E-state index < -0.39 is 11.9 Å². The first-order valence-corrected chi connectivity index (χ1v) is 11.9. The normalized spacial score (nSPS) is 11.8. The molecule has 12 heteroatoms. The highest BCUT2D eigenvalue weighted by atomic mass is 32.1. The predicted octanol–water partition coefficient (Wildman–Crippen LogP) is 2.50. The van der Waals surface area contributed by atoms with Gasteiger partial charge in [0.2, 0.25) is 5.91 Å². The summed E-state index contributed by atoms with van der Waals surface area (Å²) >= 11 is 1.43. The van der Waals surface area contributed by atoms with Gasteiger partial charge in [0.25, 0.3) is 17.4 Å². The summed E-state index contributed by atoms with van der Waals surface area (Å²) in [6.07, 6.45) is 5.61. The van der Waals surface area contributed by atoms with E-state index in [1.807, 2.05) is 5.38 Å². The summed E-state index contributed by atoms with van der Waals surface area (Å²) in [5.41, 5.74) is 2.98. The zero-order chi connectivity index (χ0) is 26.4.